The lowest BCUT2D eigenvalue weighted by molar-refractivity contribution is 0.600. The Bertz CT molecular complexity index is 690. The predicted molar refractivity (Wildman–Crippen MR) is 82.0 cm³/mol. The van der Waals surface area contributed by atoms with Crippen LogP contribution in [0.4, 0.5) is 5.82 Å². The number of nitrogens with zero attached hydrogens (tertiary/aromatic N) is 2. The summed E-state index contributed by atoms with van der Waals surface area (Å²) in [5, 5.41) is 0. The highest BCUT2D eigenvalue weighted by Gasteiger charge is 2.13. The molecule has 1 N–H and O–H groups in total. The number of hydrogen-bond acceptors (Lipinski definition) is 4. The van der Waals surface area contributed by atoms with Crippen molar-refractivity contribution in [3.8, 4) is 0 Å². The molecular formula is C13H14BrN3O2S. The van der Waals surface area contributed by atoms with Crippen molar-refractivity contribution in [2.45, 2.75) is 13.3 Å². The Morgan fingerprint density at radius 3 is 2.75 bits per heavy atom. The average molecular weight is 356 g/mol. The van der Waals surface area contributed by atoms with E-state index < -0.39 is 10.0 Å². The van der Waals surface area contributed by atoms with E-state index in [9.17, 15) is 8.42 Å². The molecule has 0 unspecified atom stereocenters. The van der Waals surface area contributed by atoms with Gasteiger partial charge in [0.05, 0.1) is 5.75 Å². The van der Waals surface area contributed by atoms with E-state index in [1.807, 2.05) is 12.1 Å². The Morgan fingerprint density at radius 1 is 1.30 bits per heavy atom. The first-order valence-corrected chi connectivity index (χ1v) is 8.43. The SMILES string of the molecule is Cc1cc(Br)cnc1NS(=O)(=O)CCc1ccccn1. The van der Waals surface area contributed by atoms with E-state index in [1.54, 1.807) is 31.5 Å². The summed E-state index contributed by atoms with van der Waals surface area (Å²) in [6.07, 6.45) is 3.57. The molecule has 0 amide bonds. The third-order valence-electron chi connectivity index (χ3n) is 2.65. The van der Waals surface area contributed by atoms with Crippen LogP contribution < -0.4 is 4.72 Å². The van der Waals surface area contributed by atoms with E-state index in [1.165, 1.54) is 0 Å². The lowest BCUT2D eigenvalue weighted by Crippen LogP contribution is -2.19. The summed E-state index contributed by atoms with van der Waals surface area (Å²) in [5.74, 6) is 0.329. The second-order valence-electron chi connectivity index (χ2n) is 4.31. The van der Waals surface area contributed by atoms with Crippen LogP contribution in [0.25, 0.3) is 0 Å². The van der Waals surface area contributed by atoms with Crippen molar-refractivity contribution < 1.29 is 8.42 Å². The van der Waals surface area contributed by atoms with Gasteiger partial charge in [-0.3, -0.25) is 9.71 Å². The van der Waals surface area contributed by atoms with Gasteiger partial charge in [-0.2, -0.15) is 0 Å². The minimum atomic E-state index is -3.44. The van der Waals surface area contributed by atoms with Gasteiger partial charge in [-0.05, 0) is 46.6 Å². The number of rotatable bonds is 5. The number of anilines is 1. The summed E-state index contributed by atoms with van der Waals surface area (Å²) in [4.78, 5) is 8.17. The standard InChI is InChI=1S/C13H14BrN3O2S/c1-10-8-11(14)9-16-13(10)17-20(18,19)7-5-12-4-2-3-6-15-12/h2-4,6,8-9H,5,7H2,1H3,(H,16,17). The maximum atomic E-state index is 12.0. The highest BCUT2D eigenvalue weighted by Crippen LogP contribution is 2.18. The first-order valence-electron chi connectivity index (χ1n) is 5.99. The molecule has 0 radical (unpaired) electrons. The molecule has 7 heteroatoms. The summed E-state index contributed by atoms with van der Waals surface area (Å²) >= 11 is 3.29. The number of sulfonamides is 1. The van der Waals surface area contributed by atoms with Gasteiger partial charge in [0.15, 0.2) is 0 Å². The number of hydrogen-bond donors (Lipinski definition) is 1. The van der Waals surface area contributed by atoms with Crippen LogP contribution in [0.5, 0.6) is 0 Å². The third-order valence-corrected chi connectivity index (χ3v) is 4.33. The van der Waals surface area contributed by atoms with Crippen molar-refractivity contribution >= 4 is 31.8 Å². The maximum Gasteiger partial charge on any atom is 0.234 e. The van der Waals surface area contributed by atoms with Crippen LogP contribution in [0.3, 0.4) is 0 Å². The molecule has 0 fully saturated rings. The zero-order valence-corrected chi connectivity index (χ0v) is 13.3. The minimum absolute atomic E-state index is 0.0266. The molecular weight excluding hydrogens is 342 g/mol. The topological polar surface area (TPSA) is 72.0 Å². The lowest BCUT2D eigenvalue weighted by Gasteiger charge is -2.09. The van der Waals surface area contributed by atoms with Crippen molar-refractivity contribution in [1.82, 2.24) is 9.97 Å². The van der Waals surface area contributed by atoms with Gasteiger partial charge in [0.25, 0.3) is 0 Å². The van der Waals surface area contributed by atoms with Gasteiger partial charge in [0.2, 0.25) is 10.0 Å². The molecule has 0 spiro atoms. The second-order valence-corrected chi connectivity index (χ2v) is 7.07. The third kappa shape index (κ3) is 4.28. The average Bonchev–Trinajstić information content (AvgIpc) is 2.41. The largest absolute Gasteiger partial charge is 0.267 e. The summed E-state index contributed by atoms with van der Waals surface area (Å²) in [6.45, 7) is 1.80. The fraction of sp³-hybridized carbons (Fsp3) is 0.231. The molecule has 0 bridgehead atoms. The van der Waals surface area contributed by atoms with Gasteiger partial charge in [-0.25, -0.2) is 13.4 Å². The summed E-state index contributed by atoms with van der Waals surface area (Å²) in [6, 6.07) is 7.25. The Balaban J connectivity index is 2.04. The van der Waals surface area contributed by atoms with Gasteiger partial charge in [-0.1, -0.05) is 6.07 Å². The smallest absolute Gasteiger partial charge is 0.234 e. The van der Waals surface area contributed by atoms with Crippen molar-refractivity contribution in [1.29, 1.82) is 0 Å². The van der Waals surface area contributed by atoms with Crippen LogP contribution in [0.2, 0.25) is 0 Å². The zero-order chi connectivity index (χ0) is 14.6. The van der Waals surface area contributed by atoms with E-state index in [4.69, 9.17) is 0 Å². The molecule has 0 atom stereocenters. The number of nitrogens with one attached hydrogen (secondary N) is 1. The van der Waals surface area contributed by atoms with Crippen LogP contribution in [-0.4, -0.2) is 24.1 Å². The first-order chi connectivity index (χ1) is 9.46. The molecule has 5 nitrogen and oxygen atoms in total. The zero-order valence-electron chi connectivity index (χ0n) is 10.9. The number of pyridine rings is 2. The van der Waals surface area contributed by atoms with Crippen LogP contribution in [0, 0.1) is 6.92 Å². The highest BCUT2D eigenvalue weighted by atomic mass is 79.9. The van der Waals surface area contributed by atoms with Gasteiger partial charge in [0.1, 0.15) is 5.82 Å². The molecule has 2 heterocycles. The summed E-state index contributed by atoms with van der Waals surface area (Å²) in [7, 11) is -3.44. The molecule has 0 aromatic carbocycles. The van der Waals surface area contributed by atoms with Crippen LogP contribution in [0.15, 0.2) is 41.1 Å². The van der Waals surface area contributed by atoms with Crippen molar-refractivity contribution in [2.24, 2.45) is 0 Å². The van der Waals surface area contributed by atoms with Crippen molar-refractivity contribution in [3.63, 3.8) is 0 Å². The molecule has 2 rings (SSSR count). The van der Waals surface area contributed by atoms with Gasteiger partial charge in [-0.15, -0.1) is 0 Å². The lowest BCUT2D eigenvalue weighted by atomic mass is 10.3. The second kappa shape index (κ2) is 6.32. The van der Waals surface area contributed by atoms with Crippen LogP contribution >= 0.6 is 15.9 Å². The quantitative estimate of drug-likeness (QED) is 0.894. The molecule has 0 aliphatic carbocycles. The normalized spacial score (nSPS) is 11.3. The molecule has 2 aromatic heterocycles. The molecule has 2 aromatic rings. The Morgan fingerprint density at radius 2 is 2.10 bits per heavy atom. The van der Waals surface area contributed by atoms with Crippen molar-refractivity contribution in [2.75, 3.05) is 10.5 Å². The van der Waals surface area contributed by atoms with Gasteiger partial charge >= 0.3 is 0 Å². The van der Waals surface area contributed by atoms with E-state index in [-0.39, 0.29) is 5.75 Å². The van der Waals surface area contributed by atoms with Crippen molar-refractivity contribution in [3.05, 3.63) is 52.4 Å². The van der Waals surface area contributed by atoms with Crippen LogP contribution in [-0.2, 0) is 16.4 Å². The molecule has 0 saturated carbocycles. The fourth-order valence-corrected chi connectivity index (χ4v) is 3.16. The number of aryl methyl sites for hydroxylation is 2. The maximum absolute atomic E-state index is 12.0. The highest BCUT2D eigenvalue weighted by molar-refractivity contribution is 9.10. The van der Waals surface area contributed by atoms with Crippen LogP contribution in [0.1, 0.15) is 11.3 Å². The first kappa shape index (κ1) is 14.9. The molecule has 0 aliphatic rings. The minimum Gasteiger partial charge on any atom is -0.267 e. The summed E-state index contributed by atoms with van der Waals surface area (Å²) in [5.41, 5.74) is 1.51. The predicted octanol–water partition coefficient (Wildman–Crippen LogP) is 2.53. The van der Waals surface area contributed by atoms with Gasteiger partial charge < -0.3 is 0 Å². The van der Waals surface area contributed by atoms with E-state index in [0.29, 0.717) is 12.2 Å². The Kier molecular flexibility index (Phi) is 4.72. The molecule has 0 saturated heterocycles. The summed E-state index contributed by atoms with van der Waals surface area (Å²) < 4.78 is 27.3. The molecule has 0 aliphatic heterocycles. The Labute approximate surface area is 126 Å². The van der Waals surface area contributed by atoms with E-state index in [0.717, 1.165) is 15.7 Å². The Hall–Kier alpha value is -1.47. The number of aromatic nitrogens is 2. The van der Waals surface area contributed by atoms with E-state index in [2.05, 4.69) is 30.6 Å². The number of halogens is 1. The monoisotopic (exact) mass is 355 g/mol. The fourth-order valence-electron chi connectivity index (χ4n) is 1.63. The molecule has 20 heavy (non-hydrogen) atoms. The van der Waals surface area contributed by atoms with E-state index >= 15 is 0 Å². The molecule has 106 valence electrons. The van der Waals surface area contributed by atoms with Gasteiger partial charge in [0, 0.05) is 29.0 Å².